The van der Waals surface area contributed by atoms with E-state index < -0.39 is 17.7 Å². The molecule has 36 heavy (non-hydrogen) atoms. The fourth-order valence-electron chi connectivity index (χ4n) is 4.30. The van der Waals surface area contributed by atoms with Gasteiger partial charge in [-0.05, 0) is 73.4 Å². The molecule has 6 heteroatoms. The molecule has 0 spiro atoms. The van der Waals surface area contributed by atoms with Crippen molar-refractivity contribution >= 4 is 23.1 Å². The number of nitrogens with zero attached hydrogens (tertiary/aromatic N) is 1. The van der Waals surface area contributed by atoms with Crippen LogP contribution in [-0.4, -0.2) is 30.0 Å². The Morgan fingerprint density at radius 3 is 2.19 bits per heavy atom. The van der Waals surface area contributed by atoms with E-state index in [0.717, 1.165) is 24.2 Å². The maximum atomic E-state index is 13.3. The number of benzene rings is 3. The molecule has 4 rings (SSSR count). The number of anilines is 1. The van der Waals surface area contributed by atoms with E-state index in [1.807, 2.05) is 63.2 Å². The number of carbonyl (C=O) groups excluding carboxylic acids is 2. The van der Waals surface area contributed by atoms with Crippen molar-refractivity contribution in [2.45, 2.75) is 39.7 Å². The van der Waals surface area contributed by atoms with Gasteiger partial charge in [-0.1, -0.05) is 44.2 Å². The molecule has 1 amide bonds. The van der Waals surface area contributed by atoms with E-state index in [4.69, 9.17) is 9.47 Å². The maximum absolute atomic E-state index is 13.3. The minimum Gasteiger partial charge on any atom is -0.507 e. The van der Waals surface area contributed by atoms with Gasteiger partial charge in [-0.25, -0.2) is 0 Å². The van der Waals surface area contributed by atoms with Crippen LogP contribution in [0.5, 0.6) is 11.5 Å². The third-order valence-corrected chi connectivity index (χ3v) is 6.06. The minimum absolute atomic E-state index is 0.0488. The summed E-state index contributed by atoms with van der Waals surface area (Å²) in [4.78, 5) is 28.0. The molecule has 0 saturated carbocycles. The number of carbonyl (C=O) groups is 2. The normalized spacial score (nSPS) is 16.9. The Labute approximate surface area is 211 Å². The largest absolute Gasteiger partial charge is 0.507 e. The molecule has 186 valence electrons. The van der Waals surface area contributed by atoms with Crippen LogP contribution in [0.4, 0.5) is 5.69 Å². The monoisotopic (exact) mass is 485 g/mol. The lowest BCUT2D eigenvalue weighted by Crippen LogP contribution is -2.29. The average molecular weight is 486 g/mol. The Morgan fingerprint density at radius 2 is 1.56 bits per heavy atom. The van der Waals surface area contributed by atoms with Crippen LogP contribution in [0.1, 0.15) is 49.4 Å². The summed E-state index contributed by atoms with van der Waals surface area (Å²) in [7, 11) is 0. The molecule has 1 heterocycles. The zero-order chi connectivity index (χ0) is 25.7. The van der Waals surface area contributed by atoms with E-state index in [1.165, 1.54) is 4.90 Å². The van der Waals surface area contributed by atoms with Crippen LogP contribution in [-0.2, 0) is 9.59 Å². The molecule has 3 aromatic carbocycles. The van der Waals surface area contributed by atoms with Crippen LogP contribution < -0.4 is 14.4 Å². The zero-order valence-electron chi connectivity index (χ0n) is 20.9. The summed E-state index contributed by atoms with van der Waals surface area (Å²) in [6, 6.07) is 20.8. The van der Waals surface area contributed by atoms with Gasteiger partial charge in [0, 0.05) is 11.3 Å². The number of aliphatic hydroxyl groups excluding tert-OH is 1. The summed E-state index contributed by atoms with van der Waals surface area (Å²) in [5.74, 6) is -0.198. The van der Waals surface area contributed by atoms with Crippen LogP contribution in [0, 0.1) is 6.92 Å². The van der Waals surface area contributed by atoms with Crippen molar-refractivity contribution in [1.82, 2.24) is 0 Å². The van der Waals surface area contributed by atoms with Crippen LogP contribution in [0.15, 0.2) is 78.4 Å². The highest BCUT2D eigenvalue weighted by molar-refractivity contribution is 6.51. The number of rotatable bonds is 9. The molecule has 1 aliphatic rings. The van der Waals surface area contributed by atoms with Crippen LogP contribution in [0.25, 0.3) is 5.76 Å². The number of Topliss-reactive ketones (excluding diaryl/α,β-unsaturated/α-hetero) is 1. The van der Waals surface area contributed by atoms with Gasteiger partial charge in [0.15, 0.2) is 0 Å². The van der Waals surface area contributed by atoms with Gasteiger partial charge in [-0.3, -0.25) is 14.5 Å². The first-order valence-electron chi connectivity index (χ1n) is 12.3. The Balaban J connectivity index is 1.82. The molecular formula is C30H31NO5. The van der Waals surface area contributed by atoms with E-state index >= 15 is 0 Å². The highest BCUT2D eigenvalue weighted by atomic mass is 16.5. The van der Waals surface area contributed by atoms with Crippen molar-refractivity contribution in [3.8, 4) is 11.5 Å². The number of ketones is 1. The van der Waals surface area contributed by atoms with Gasteiger partial charge in [0.05, 0.1) is 24.8 Å². The molecule has 0 radical (unpaired) electrons. The average Bonchev–Trinajstić information content (AvgIpc) is 3.17. The van der Waals surface area contributed by atoms with Crippen molar-refractivity contribution in [2.24, 2.45) is 0 Å². The lowest BCUT2D eigenvalue weighted by molar-refractivity contribution is -0.132. The number of amides is 1. The summed E-state index contributed by atoms with van der Waals surface area (Å²) < 4.78 is 11.5. The van der Waals surface area contributed by atoms with Gasteiger partial charge < -0.3 is 14.6 Å². The smallest absolute Gasteiger partial charge is 0.300 e. The fourth-order valence-corrected chi connectivity index (χ4v) is 4.30. The molecule has 3 aromatic rings. The number of ether oxygens (including phenoxy) is 2. The second-order valence-corrected chi connectivity index (χ2v) is 8.75. The molecule has 0 aromatic heterocycles. The lowest BCUT2D eigenvalue weighted by atomic mass is 9.94. The SMILES string of the molecule is CCCOc1ccc(C2/C(=C(/O)c3ccc(OCCC)c(C)c3)C(=O)C(=O)N2c2ccccc2)cc1. The summed E-state index contributed by atoms with van der Waals surface area (Å²) in [5, 5.41) is 11.4. The van der Waals surface area contributed by atoms with E-state index in [9.17, 15) is 14.7 Å². The number of aliphatic hydroxyl groups is 1. The maximum Gasteiger partial charge on any atom is 0.300 e. The number of aryl methyl sites for hydroxylation is 1. The van der Waals surface area contributed by atoms with E-state index in [2.05, 4.69) is 0 Å². The van der Waals surface area contributed by atoms with Gasteiger partial charge in [0.2, 0.25) is 0 Å². The summed E-state index contributed by atoms with van der Waals surface area (Å²) in [6.45, 7) is 7.14. The van der Waals surface area contributed by atoms with Crippen LogP contribution >= 0.6 is 0 Å². The molecule has 1 N–H and O–H groups in total. The van der Waals surface area contributed by atoms with Crippen molar-refractivity contribution in [2.75, 3.05) is 18.1 Å². The first kappa shape index (κ1) is 25.0. The molecule has 1 unspecified atom stereocenters. The van der Waals surface area contributed by atoms with E-state index in [1.54, 1.807) is 30.3 Å². The molecule has 6 nitrogen and oxygen atoms in total. The van der Waals surface area contributed by atoms with Gasteiger partial charge in [-0.15, -0.1) is 0 Å². The summed E-state index contributed by atoms with van der Waals surface area (Å²) in [6.07, 6.45) is 1.77. The summed E-state index contributed by atoms with van der Waals surface area (Å²) >= 11 is 0. The van der Waals surface area contributed by atoms with Crippen molar-refractivity contribution in [1.29, 1.82) is 0 Å². The second-order valence-electron chi connectivity index (χ2n) is 8.75. The molecular weight excluding hydrogens is 454 g/mol. The highest BCUT2D eigenvalue weighted by Crippen LogP contribution is 2.42. The Bertz CT molecular complexity index is 1260. The Hall–Kier alpha value is -4.06. The Morgan fingerprint density at radius 1 is 0.889 bits per heavy atom. The molecule has 1 fully saturated rings. The number of hydrogen-bond donors (Lipinski definition) is 1. The molecule has 0 bridgehead atoms. The topological polar surface area (TPSA) is 76.1 Å². The predicted molar refractivity (Wildman–Crippen MR) is 140 cm³/mol. The number of hydrogen-bond acceptors (Lipinski definition) is 5. The van der Waals surface area contributed by atoms with Crippen LogP contribution in [0.2, 0.25) is 0 Å². The van der Waals surface area contributed by atoms with E-state index in [-0.39, 0.29) is 11.3 Å². The van der Waals surface area contributed by atoms with Crippen LogP contribution in [0.3, 0.4) is 0 Å². The molecule has 1 saturated heterocycles. The van der Waals surface area contributed by atoms with Crippen molar-refractivity contribution in [3.63, 3.8) is 0 Å². The quantitative estimate of drug-likeness (QED) is 0.222. The second kappa shape index (κ2) is 11.1. The predicted octanol–water partition coefficient (Wildman–Crippen LogP) is 6.20. The lowest BCUT2D eigenvalue weighted by Gasteiger charge is -2.25. The van der Waals surface area contributed by atoms with Gasteiger partial charge in [0.1, 0.15) is 17.3 Å². The van der Waals surface area contributed by atoms with Crippen molar-refractivity contribution < 1.29 is 24.2 Å². The Kier molecular flexibility index (Phi) is 7.74. The van der Waals surface area contributed by atoms with E-state index in [0.29, 0.717) is 35.8 Å². The minimum atomic E-state index is -0.788. The third kappa shape index (κ3) is 4.98. The zero-order valence-corrected chi connectivity index (χ0v) is 20.9. The standard InChI is InChI=1S/C30H31NO5/c1-4-17-35-24-14-11-21(12-15-24)27-26(29(33)30(34)31(27)23-9-7-6-8-10-23)28(32)22-13-16-25(20(3)19-22)36-18-5-2/h6-16,19,27,32H,4-5,17-18H2,1-3H3/b28-26-. The first-order valence-corrected chi connectivity index (χ1v) is 12.3. The van der Waals surface area contributed by atoms with Crippen molar-refractivity contribution in [3.05, 3.63) is 95.1 Å². The van der Waals surface area contributed by atoms with Gasteiger partial charge in [-0.2, -0.15) is 0 Å². The van der Waals surface area contributed by atoms with Gasteiger partial charge >= 0.3 is 0 Å². The number of para-hydroxylation sites is 1. The molecule has 0 aliphatic carbocycles. The van der Waals surface area contributed by atoms with Gasteiger partial charge in [0.25, 0.3) is 11.7 Å². The highest BCUT2D eigenvalue weighted by Gasteiger charge is 2.46. The first-order chi connectivity index (χ1) is 17.5. The molecule has 1 atom stereocenters. The molecule has 1 aliphatic heterocycles. The summed E-state index contributed by atoms with van der Waals surface area (Å²) in [5.41, 5.74) is 2.61. The fraction of sp³-hybridized carbons (Fsp3) is 0.267. The third-order valence-electron chi connectivity index (χ3n) is 6.06.